The number of benzene rings is 4. The highest BCUT2D eigenvalue weighted by atomic mass is 35.5. The number of nitrogens with zero attached hydrogens (tertiary/aromatic N) is 3. The molecule has 5 heterocycles. The Bertz CT molecular complexity index is 2740. The summed E-state index contributed by atoms with van der Waals surface area (Å²) in [6, 6.07) is 26.9. The standard InChI is InChI=1S/C50H50Cl2F2N4O10S/c51-41-26-57(61)27-42(52)40(41)23-44(35-14-15-43(67-49(53)54)45(22-35)65-29-31-12-13-31)66-48(59)37-24-58(25-37)69(62,63)39-11-4-6-32(20-39)30-64-38-10-5-9-36(21-38)47(34-7-2-1-3-8-34)55-50(60)68-46-28-56-18-16-33(46)17-19-56/h1-11,14-15,20-22,26-27,31,33,37,44,46-47,49H,12-13,16-19,23-25,28-30H2,(H,55,60)/t44-,46-,47-/m0/s1. The Morgan fingerprint density at radius 2 is 1.54 bits per heavy atom. The minimum atomic E-state index is -4.06. The second-order valence-electron chi connectivity index (χ2n) is 17.9. The highest BCUT2D eigenvalue weighted by molar-refractivity contribution is 7.89. The molecule has 4 aromatic carbocycles. The molecule has 0 unspecified atom stereocenters. The van der Waals surface area contributed by atoms with E-state index in [-0.39, 0.29) is 76.7 Å². The monoisotopic (exact) mass is 1010 g/mol. The summed E-state index contributed by atoms with van der Waals surface area (Å²) in [5.74, 6) is -0.612. The molecule has 10 rings (SSSR count). The van der Waals surface area contributed by atoms with Crippen LogP contribution in [0.1, 0.15) is 65.6 Å². The zero-order chi connectivity index (χ0) is 48.2. The van der Waals surface area contributed by atoms with Crippen molar-refractivity contribution < 1.29 is 55.2 Å². The second-order valence-corrected chi connectivity index (χ2v) is 20.6. The normalized spacial score (nSPS) is 20.1. The summed E-state index contributed by atoms with van der Waals surface area (Å²) < 4.78 is 84.8. The van der Waals surface area contributed by atoms with E-state index in [0.29, 0.717) is 27.5 Å². The van der Waals surface area contributed by atoms with Gasteiger partial charge in [0, 0.05) is 31.6 Å². The molecular formula is C50H50Cl2F2N4O10S. The number of carbonyl (C=O) groups excluding carboxylic acids is 2. The van der Waals surface area contributed by atoms with E-state index in [2.05, 4.69) is 10.2 Å². The maximum absolute atomic E-state index is 13.9. The number of carbonyl (C=O) groups is 2. The van der Waals surface area contributed by atoms with Gasteiger partial charge in [0.2, 0.25) is 10.0 Å². The zero-order valence-corrected chi connectivity index (χ0v) is 39.6. The third-order valence-corrected chi connectivity index (χ3v) is 15.5. The number of pyridine rings is 1. The second kappa shape index (κ2) is 21.1. The van der Waals surface area contributed by atoms with Crippen LogP contribution >= 0.6 is 23.2 Å². The Labute approximate surface area is 408 Å². The number of hydrogen-bond donors (Lipinski definition) is 1. The van der Waals surface area contributed by atoms with Crippen LogP contribution in [0.3, 0.4) is 0 Å². The molecule has 4 aliphatic heterocycles. The Balaban J connectivity index is 0.848. The van der Waals surface area contributed by atoms with Crippen LogP contribution < -0.4 is 24.3 Å². The predicted molar refractivity (Wildman–Crippen MR) is 250 cm³/mol. The largest absolute Gasteiger partial charge is 0.619 e. The molecule has 5 aliphatic rings. The molecule has 4 saturated heterocycles. The SMILES string of the molecule is O=C(N[C@@H](c1ccccc1)c1cccc(OCc2cccc(S(=O)(=O)N3CC(C(=O)O[C@@H](Cc4c(Cl)c[n+]([O-])cc4Cl)c4ccc(OC(F)F)c(OCC5CC5)c4)C3)c2)c1)O[C@H]1CN2CCC1CC2. The van der Waals surface area contributed by atoms with Crippen LogP contribution in [0.2, 0.25) is 10.0 Å². The highest BCUT2D eigenvalue weighted by Crippen LogP contribution is 2.39. The Morgan fingerprint density at radius 3 is 2.23 bits per heavy atom. The van der Waals surface area contributed by atoms with E-state index in [1.807, 2.05) is 48.5 Å². The average Bonchev–Trinajstić information content (AvgIpc) is 4.15. The minimum Gasteiger partial charge on any atom is -0.619 e. The van der Waals surface area contributed by atoms with Crippen molar-refractivity contribution in [3.05, 3.63) is 153 Å². The van der Waals surface area contributed by atoms with Gasteiger partial charge in [0.05, 0.1) is 23.5 Å². The number of alkyl halides is 2. The number of rotatable bonds is 19. The van der Waals surface area contributed by atoms with Gasteiger partial charge in [-0.2, -0.15) is 17.8 Å². The molecule has 0 spiro atoms. The van der Waals surface area contributed by atoms with E-state index in [4.69, 9.17) is 46.9 Å². The summed E-state index contributed by atoms with van der Waals surface area (Å²) in [5.41, 5.74) is 2.83. The molecule has 5 aromatic rings. The summed E-state index contributed by atoms with van der Waals surface area (Å²) in [5, 5.41) is 15.1. The number of hydrogen-bond acceptors (Lipinski definition) is 11. The predicted octanol–water partition coefficient (Wildman–Crippen LogP) is 8.65. The van der Waals surface area contributed by atoms with Crippen molar-refractivity contribution in [1.29, 1.82) is 0 Å². The Kier molecular flexibility index (Phi) is 14.8. The molecular weight excluding hydrogens is 958 g/mol. The molecule has 364 valence electrons. The lowest BCUT2D eigenvalue weighted by Crippen LogP contribution is -2.53. The number of ether oxygens (including phenoxy) is 5. The van der Waals surface area contributed by atoms with Crippen molar-refractivity contribution in [2.75, 3.05) is 39.3 Å². The highest BCUT2D eigenvalue weighted by Gasteiger charge is 2.43. The van der Waals surface area contributed by atoms with E-state index in [1.54, 1.807) is 18.2 Å². The lowest BCUT2D eigenvalue weighted by molar-refractivity contribution is -0.605. The van der Waals surface area contributed by atoms with E-state index < -0.39 is 46.8 Å². The fourth-order valence-electron chi connectivity index (χ4n) is 8.92. The van der Waals surface area contributed by atoms with Gasteiger partial charge in [-0.25, -0.2) is 13.2 Å². The van der Waals surface area contributed by atoms with Gasteiger partial charge in [0.25, 0.3) is 0 Å². The first kappa shape index (κ1) is 48.3. The fraction of sp³-hybridized carbons (Fsp3) is 0.380. The summed E-state index contributed by atoms with van der Waals surface area (Å²) in [6.07, 6.45) is 4.24. The van der Waals surface area contributed by atoms with Gasteiger partial charge in [0.15, 0.2) is 23.9 Å². The number of halogens is 4. The Hall–Kier alpha value is -5.72. The maximum atomic E-state index is 13.9. The summed E-state index contributed by atoms with van der Waals surface area (Å²) >= 11 is 12.8. The van der Waals surface area contributed by atoms with E-state index in [1.165, 1.54) is 34.6 Å². The van der Waals surface area contributed by atoms with Crippen LogP contribution in [-0.2, 0) is 37.3 Å². The topological polar surface area (TPSA) is 160 Å². The maximum Gasteiger partial charge on any atom is 0.408 e. The molecule has 19 heteroatoms. The molecule has 1 aliphatic carbocycles. The molecule has 1 amide bonds. The molecule has 3 atom stereocenters. The first-order valence-corrected chi connectivity index (χ1v) is 25.0. The van der Waals surface area contributed by atoms with Crippen LogP contribution in [0.15, 0.2) is 114 Å². The van der Waals surface area contributed by atoms with E-state index in [0.717, 1.165) is 68.8 Å². The van der Waals surface area contributed by atoms with Crippen LogP contribution in [0.25, 0.3) is 0 Å². The number of esters is 1. The van der Waals surface area contributed by atoms with Crippen molar-refractivity contribution in [2.45, 2.75) is 68.5 Å². The van der Waals surface area contributed by atoms with E-state index in [9.17, 15) is 32.0 Å². The van der Waals surface area contributed by atoms with Crippen LogP contribution in [-0.4, -0.2) is 81.7 Å². The van der Waals surface area contributed by atoms with Gasteiger partial charge in [-0.3, -0.25) is 9.69 Å². The first-order valence-electron chi connectivity index (χ1n) is 22.8. The van der Waals surface area contributed by atoms with E-state index >= 15 is 0 Å². The van der Waals surface area contributed by atoms with Crippen LogP contribution in [0.5, 0.6) is 17.2 Å². The number of fused-ring (bicyclic) bond motifs is 3. The van der Waals surface area contributed by atoms with Crippen molar-refractivity contribution in [1.82, 2.24) is 14.5 Å². The van der Waals surface area contributed by atoms with Gasteiger partial charge in [0.1, 0.15) is 34.6 Å². The number of aromatic nitrogens is 1. The molecule has 14 nitrogen and oxygen atoms in total. The van der Waals surface area contributed by atoms with Crippen LogP contribution in [0.4, 0.5) is 13.6 Å². The molecule has 2 bridgehead atoms. The lowest BCUT2D eigenvalue weighted by Gasteiger charge is -2.43. The molecule has 0 radical (unpaired) electrons. The molecule has 1 saturated carbocycles. The molecule has 69 heavy (non-hydrogen) atoms. The van der Waals surface area contributed by atoms with Gasteiger partial charge < -0.3 is 34.2 Å². The number of piperidine rings is 3. The number of alkyl carbamates (subject to hydrolysis) is 1. The Morgan fingerprint density at radius 1 is 0.812 bits per heavy atom. The third kappa shape index (κ3) is 11.8. The van der Waals surface area contributed by atoms with Gasteiger partial charge in [-0.05, 0) is 109 Å². The van der Waals surface area contributed by atoms with Gasteiger partial charge in [-0.1, -0.05) is 83.9 Å². The fourth-order valence-corrected chi connectivity index (χ4v) is 11.1. The summed E-state index contributed by atoms with van der Waals surface area (Å²) in [7, 11) is -4.06. The molecule has 1 N–H and O–H groups in total. The quantitative estimate of drug-likeness (QED) is 0.0479. The average molecular weight is 1010 g/mol. The number of nitrogens with one attached hydrogen (secondary N) is 1. The third-order valence-electron chi connectivity index (χ3n) is 13.0. The van der Waals surface area contributed by atoms with Gasteiger partial charge >= 0.3 is 18.7 Å². The summed E-state index contributed by atoms with van der Waals surface area (Å²) in [4.78, 5) is 29.4. The van der Waals surface area contributed by atoms with Crippen molar-refractivity contribution >= 4 is 45.3 Å². The molecule has 1 aromatic heterocycles. The summed E-state index contributed by atoms with van der Waals surface area (Å²) in [6.45, 7) is -0.358. The minimum absolute atomic E-state index is 0.00527. The smallest absolute Gasteiger partial charge is 0.408 e. The van der Waals surface area contributed by atoms with Crippen molar-refractivity contribution in [3.63, 3.8) is 0 Å². The molecule has 5 fully saturated rings. The first-order chi connectivity index (χ1) is 33.2. The zero-order valence-electron chi connectivity index (χ0n) is 37.3. The number of amides is 1. The lowest BCUT2D eigenvalue weighted by atomic mass is 9.86. The van der Waals surface area contributed by atoms with Crippen molar-refractivity contribution in [2.24, 2.45) is 17.8 Å². The number of sulfonamides is 1. The van der Waals surface area contributed by atoms with Crippen LogP contribution in [0, 0.1) is 23.0 Å². The van der Waals surface area contributed by atoms with Gasteiger partial charge in [-0.15, -0.1) is 0 Å². The van der Waals surface area contributed by atoms with Crippen molar-refractivity contribution in [3.8, 4) is 17.2 Å².